The molecule has 2 aromatic rings. The largest absolute Gasteiger partial charge is 0.348 e. The van der Waals surface area contributed by atoms with Gasteiger partial charge in [-0.1, -0.05) is 23.7 Å². The van der Waals surface area contributed by atoms with E-state index >= 15 is 0 Å². The van der Waals surface area contributed by atoms with Gasteiger partial charge >= 0.3 is 0 Å². The number of carbonyl (C=O) groups is 2. The summed E-state index contributed by atoms with van der Waals surface area (Å²) in [6, 6.07) is 13.0. The first-order valence-electron chi connectivity index (χ1n) is 8.17. The highest BCUT2D eigenvalue weighted by Crippen LogP contribution is 2.22. The minimum atomic E-state index is -0.161. The maximum absolute atomic E-state index is 12.4. The third-order valence-electron chi connectivity index (χ3n) is 4.17. The molecular formula is C19H18ClIN2O2. The number of hydrogen-bond acceptors (Lipinski definition) is 2. The molecule has 1 aliphatic heterocycles. The quantitative estimate of drug-likeness (QED) is 0.677. The van der Waals surface area contributed by atoms with E-state index in [1.54, 1.807) is 12.1 Å². The normalized spacial score (nSPS) is 14.5. The predicted octanol–water partition coefficient (Wildman–Crippen LogP) is 4.39. The number of piperidine rings is 1. The molecule has 0 saturated carbocycles. The van der Waals surface area contributed by atoms with Crippen LogP contribution in [-0.4, -0.2) is 18.4 Å². The molecule has 3 rings (SSSR count). The number of rotatable bonds is 4. The molecule has 1 saturated heterocycles. The fraction of sp³-hybridized carbons (Fsp3) is 0.263. The lowest BCUT2D eigenvalue weighted by atomic mass is 10.1. The molecule has 2 amide bonds. The fourth-order valence-electron chi connectivity index (χ4n) is 2.86. The minimum Gasteiger partial charge on any atom is -0.348 e. The Bertz CT molecular complexity index is 810. The van der Waals surface area contributed by atoms with Crippen LogP contribution in [0.3, 0.4) is 0 Å². The van der Waals surface area contributed by atoms with Crippen LogP contribution in [0.25, 0.3) is 0 Å². The number of halogens is 2. The maximum atomic E-state index is 12.4. The number of hydrogen-bond donors (Lipinski definition) is 1. The van der Waals surface area contributed by atoms with Crippen LogP contribution in [-0.2, 0) is 11.3 Å². The smallest absolute Gasteiger partial charge is 0.252 e. The Labute approximate surface area is 165 Å². The molecule has 0 radical (unpaired) electrons. The zero-order chi connectivity index (χ0) is 17.8. The summed E-state index contributed by atoms with van der Waals surface area (Å²) in [5.74, 6) is 0.00673. The molecule has 1 N–H and O–H groups in total. The van der Waals surface area contributed by atoms with Gasteiger partial charge in [-0.25, -0.2) is 0 Å². The van der Waals surface area contributed by atoms with E-state index in [-0.39, 0.29) is 11.8 Å². The van der Waals surface area contributed by atoms with E-state index < -0.39 is 0 Å². The van der Waals surface area contributed by atoms with Crippen LogP contribution in [0.15, 0.2) is 42.5 Å². The van der Waals surface area contributed by atoms with E-state index in [0.29, 0.717) is 23.6 Å². The maximum Gasteiger partial charge on any atom is 0.252 e. The molecule has 0 aliphatic carbocycles. The Morgan fingerprint density at radius 1 is 1.20 bits per heavy atom. The van der Waals surface area contributed by atoms with Crippen LogP contribution in [0.2, 0.25) is 5.02 Å². The van der Waals surface area contributed by atoms with Gasteiger partial charge < -0.3 is 10.2 Å². The molecule has 25 heavy (non-hydrogen) atoms. The second-order valence-corrected chi connectivity index (χ2v) is 7.58. The summed E-state index contributed by atoms with van der Waals surface area (Å²) in [6.45, 7) is 1.16. The lowest BCUT2D eigenvalue weighted by molar-refractivity contribution is -0.119. The summed E-state index contributed by atoms with van der Waals surface area (Å²) < 4.78 is 0.854. The molecule has 2 aromatic carbocycles. The molecule has 0 atom stereocenters. The van der Waals surface area contributed by atoms with Crippen molar-refractivity contribution in [3.63, 3.8) is 0 Å². The summed E-state index contributed by atoms with van der Waals surface area (Å²) in [6.07, 6.45) is 2.59. The highest BCUT2D eigenvalue weighted by Gasteiger charge is 2.19. The minimum absolute atomic E-state index is 0.161. The van der Waals surface area contributed by atoms with Gasteiger partial charge in [-0.3, -0.25) is 9.59 Å². The lowest BCUT2D eigenvalue weighted by Gasteiger charge is -2.27. The van der Waals surface area contributed by atoms with Crippen molar-refractivity contribution in [2.24, 2.45) is 0 Å². The first-order valence-corrected chi connectivity index (χ1v) is 9.63. The number of nitrogens with zero attached hydrogens (tertiary/aromatic N) is 1. The van der Waals surface area contributed by atoms with E-state index in [1.165, 1.54) is 0 Å². The van der Waals surface area contributed by atoms with E-state index in [2.05, 4.69) is 27.9 Å². The van der Waals surface area contributed by atoms with Gasteiger partial charge in [0.15, 0.2) is 0 Å². The zero-order valence-electron chi connectivity index (χ0n) is 13.6. The molecule has 6 heteroatoms. The van der Waals surface area contributed by atoms with E-state index in [4.69, 9.17) is 11.6 Å². The topological polar surface area (TPSA) is 49.4 Å². The van der Waals surface area contributed by atoms with Crippen molar-refractivity contribution in [1.82, 2.24) is 5.32 Å². The summed E-state index contributed by atoms with van der Waals surface area (Å²) >= 11 is 8.10. The number of anilines is 1. The van der Waals surface area contributed by atoms with Crippen LogP contribution < -0.4 is 10.2 Å². The van der Waals surface area contributed by atoms with Gasteiger partial charge in [-0.15, -0.1) is 0 Å². The van der Waals surface area contributed by atoms with Crippen LogP contribution in [0.1, 0.15) is 35.2 Å². The SMILES string of the molecule is O=C(NCc1cccc(N2CCCCC2=O)c1)c1cc(Cl)ccc1I. The molecule has 130 valence electrons. The Balaban J connectivity index is 1.69. The summed E-state index contributed by atoms with van der Waals surface area (Å²) in [5, 5.41) is 3.46. The van der Waals surface area contributed by atoms with Gasteiger partial charge in [-0.05, 0) is 71.3 Å². The zero-order valence-corrected chi connectivity index (χ0v) is 16.5. The van der Waals surface area contributed by atoms with Crippen molar-refractivity contribution >= 4 is 51.7 Å². The fourth-order valence-corrected chi connectivity index (χ4v) is 3.61. The molecule has 0 aromatic heterocycles. The van der Waals surface area contributed by atoms with Crippen LogP contribution in [0.5, 0.6) is 0 Å². The van der Waals surface area contributed by atoms with E-state index in [1.807, 2.05) is 35.2 Å². The van der Waals surface area contributed by atoms with Gasteiger partial charge in [0.05, 0.1) is 5.56 Å². The third kappa shape index (κ3) is 4.52. The molecule has 1 aliphatic rings. The van der Waals surface area contributed by atoms with Crippen molar-refractivity contribution in [3.8, 4) is 0 Å². The van der Waals surface area contributed by atoms with Crippen molar-refractivity contribution < 1.29 is 9.59 Å². The van der Waals surface area contributed by atoms with Gasteiger partial charge in [0.1, 0.15) is 0 Å². The van der Waals surface area contributed by atoms with Gasteiger partial charge in [-0.2, -0.15) is 0 Å². The lowest BCUT2D eigenvalue weighted by Crippen LogP contribution is -2.35. The van der Waals surface area contributed by atoms with Gasteiger partial charge in [0.2, 0.25) is 5.91 Å². The second-order valence-electron chi connectivity index (χ2n) is 5.98. The first kappa shape index (κ1) is 18.2. The number of nitrogens with one attached hydrogen (secondary N) is 1. The highest BCUT2D eigenvalue weighted by atomic mass is 127. The highest BCUT2D eigenvalue weighted by molar-refractivity contribution is 14.1. The molecule has 0 unspecified atom stereocenters. The first-order chi connectivity index (χ1) is 12.0. The molecule has 0 spiro atoms. The van der Waals surface area contributed by atoms with Crippen LogP contribution in [0, 0.1) is 3.57 Å². The van der Waals surface area contributed by atoms with Gasteiger partial charge in [0, 0.05) is 33.8 Å². The average molecular weight is 469 g/mol. The Morgan fingerprint density at radius 3 is 2.84 bits per heavy atom. The third-order valence-corrected chi connectivity index (χ3v) is 5.35. The Morgan fingerprint density at radius 2 is 2.04 bits per heavy atom. The molecule has 0 bridgehead atoms. The Hall–Kier alpha value is -1.60. The van der Waals surface area contributed by atoms with Crippen LogP contribution >= 0.6 is 34.2 Å². The van der Waals surface area contributed by atoms with E-state index in [9.17, 15) is 9.59 Å². The Kier molecular flexibility index (Phi) is 5.96. The number of amides is 2. The molecular weight excluding hydrogens is 451 g/mol. The number of carbonyl (C=O) groups excluding carboxylic acids is 2. The van der Waals surface area contributed by atoms with Crippen molar-refractivity contribution in [2.75, 3.05) is 11.4 Å². The van der Waals surface area contributed by atoms with Gasteiger partial charge in [0.25, 0.3) is 5.91 Å². The van der Waals surface area contributed by atoms with Crippen molar-refractivity contribution in [3.05, 3.63) is 62.2 Å². The number of benzene rings is 2. The van der Waals surface area contributed by atoms with Crippen molar-refractivity contribution in [2.45, 2.75) is 25.8 Å². The monoisotopic (exact) mass is 468 g/mol. The summed E-state index contributed by atoms with van der Waals surface area (Å²) in [5.41, 5.74) is 2.42. The van der Waals surface area contributed by atoms with Crippen LogP contribution in [0.4, 0.5) is 5.69 Å². The molecule has 1 heterocycles. The molecule has 1 fully saturated rings. The summed E-state index contributed by atoms with van der Waals surface area (Å²) in [7, 11) is 0. The van der Waals surface area contributed by atoms with Crippen molar-refractivity contribution in [1.29, 1.82) is 0 Å². The predicted molar refractivity (Wildman–Crippen MR) is 108 cm³/mol. The standard InChI is InChI=1S/C19H18ClIN2O2/c20-14-7-8-17(21)16(11-14)19(25)22-12-13-4-3-5-15(10-13)23-9-2-1-6-18(23)24/h3-5,7-8,10-11H,1-2,6,9,12H2,(H,22,25). The summed E-state index contributed by atoms with van der Waals surface area (Å²) in [4.78, 5) is 26.3. The van der Waals surface area contributed by atoms with E-state index in [0.717, 1.165) is 34.2 Å². The average Bonchev–Trinajstić information content (AvgIpc) is 2.62. The second kappa shape index (κ2) is 8.19. The molecule has 4 nitrogen and oxygen atoms in total.